The van der Waals surface area contributed by atoms with E-state index in [1.54, 1.807) is 14.0 Å². The average molecular weight is 394 g/mol. The van der Waals surface area contributed by atoms with Gasteiger partial charge in [-0.1, -0.05) is 12.1 Å². The quantitative estimate of drug-likeness (QED) is 0.792. The van der Waals surface area contributed by atoms with Crippen molar-refractivity contribution in [2.45, 2.75) is 38.6 Å². The molecule has 2 aliphatic heterocycles. The van der Waals surface area contributed by atoms with Crippen molar-refractivity contribution >= 4 is 11.8 Å². The number of nitrogens with zero attached hydrogens (tertiary/aromatic N) is 4. The Morgan fingerprint density at radius 1 is 1.17 bits per heavy atom. The first-order chi connectivity index (χ1) is 14.0. The first-order valence-corrected chi connectivity index (χ1v) is 10.0. The normalized spacial score (nSPS) is 18.5. The number of ether oxygens (including phenoxy) is 1. The van der Waals surface area contributed by atoms with E-state index >= 15 is 0 Å². The molecule has 7 heteroatoms. The van der Waals surface area contributed by atoms with Gasteiger partial charge in [0.15, 0.2) is 0 Å². The van der Waals surface area contributed by atoms with E-state index in [0.29, 0.717) is 26.1 Å². The predicted octanol–water partition coefficient (Wildman–Crippen LogP) is 1.95. The third kappa shape index (κ3) is 4.23. The summed E-state index contributed by atoms with van der Waals surface area (Å²) >= 11 is 0. The van der Waals surface area contributed by atoms with Crippen LogP contribution in [0.15, 0.2) is 30.5 Å². The van der Waals surface area contributed by atoms with Crippen LogP contribution in [-0.4, -0.2) is 58.3 Å². The minimum atomic E-state index is 0.108. The Morgan fingerprint density at radius 3 is 2.66 bits per heavy atom. The Hall–Kier alpha value is -2.96. The Balaban J connectivity index is 1.39. The zero-order chi connectivity index (χ0) is 20.4. The van der Waals surface area contributed by atoms with Crippen molar-refractivity contribution in [2.75, 3.05) is 26.7 Å². The fourth-order valence-electron chi connectivity index (χ4n) is 4.03. The molecule has 2 amide bonds. The average Bonchev–Trinajstić information content (AvgIpc) is 3.24. The smallest absolute Gasteiger partial charge is 0.227 e. The summed E-state index contributed by atoms with van der Waals surface area (Å²) in [6.07, 6.45) is 3.88. The maximum Gasteiger partial charge on any atom is 0.227 e. The topological polar surface area (TPSA) is 75.6 Å². The summed E-state index contributed by atoms with van der Waals surface area (Å²) in [6, 6.07) is 7.60. The van der Waals surface area contributed by atoms with Gasteiger partial charge in [-0.2, -0.15) is 0 Å². The highest BCUT2D eigenvalue weighted by Gasteiger charge is 2.29. The number of amides is 2. The lowest BCUT2D eigenvalue weighted by molar-refractivity contribution is -0.131. The van der Waals surface area contributed by atoms with Crippen molar-refractivity contribution in [1.82, 2.24) is 19.8 Å². The van der Waals surface area contributed by atoms with Gasteiger partial charge in [0.2, 0.25) is 11.8 Å². The lowest BCUT2D eigenvalue weighted by atomic mass is 10.0. The maximum atomic E-state index is 12.7. The summed E-state index contributed by atoms with van der Waals surface area (Å²) in [4.78, 5) is 37.4. The zero-order valence-electron chi connectivity index (χ0n) is 16.9. The Bertz CT molecular complexity index is 913. The minimum Gasteiger partial charge on any atom is -0.497 e. The van der Waals surface area contributed by atoms with E-state index in [0.717, 1.165) is 47.8 Å². The van der Waals surface area contributed by atoms with E-state index in [4.69, 9.17) is 9.72 Å². The van der Waals surface area contributed by atoms with Gasteiger partial charge in [0.1, 0.15) is 11.6 Å². The molecule has 1 aromatic heterocycles. The second kappa shape index (κ2) is 8.19. The predicted molar refractivity (Wildman–Crippen MR) is 107 cm³/mol. The molecule has 29 heavy (non-hydrogen) atoms. The Morgan fingerprint density at radius 2 is 1.97 bits per heavy atom. The van der Waals surface area contributed by atoms with Crippen LogP contribution < -0.4 is 4.74 Å². The van der Waals surface area contributed by atoms with Gasteiger partial charge in [0.05, 0.1) is 19.2 Å². The molecule has 1 fully saturated rings. The van der Waals surface area contributed by atoms with Crippen molar-refractivity contribution in [3.63, 3.8) is 0 Å². The van der Waals surface area contributed by atoms with Gasteiger partial charge >= 0.3 is 0 Å². The molecule has 2 aliphatic rings. The van der Waals surface area contributed by atoms with Crippen LogP contribution in [0.3, 0.4) is 0 Å². The molecule has 0 saturated carbocycles. The maximum absolute atomic E-state index is 12.7. The lowest BCUT2D eigenvalue weighted by Crippen LogP contribution is -2.37. The summed E-state index contributed by atoms with van der Waals surface area (Å²) in [5.41, 5.74) is 3.03. The largest absolute Gasteiger partial charge is 0.497 e. The van der Waals surface area contributed by atoms with Crippen LogP contribution in [0.5, 0.6) is 5.75 Å². The molecule has 0 unspecified atom stereocenters. The van der Waals surface area contributed by atoms with Crippen molar-refractivity contribution in [3.8, 4) is 5.75 Å². The molecular formula is C22H26N4O3. The van der Waals surface area contributed by atoms with Gasteiger partial charge in [0.25, 0.3) is 0 Å². The number of carbonyl (C=O) groups excluding carboxylic acids is 2. The molecule has 0 spiro atoms. The van der Waals surface area contributed by atoms with Crippen LogP contribution in [-0.2, 0) is 29.0 Å². The summed E-state index contributed by atoms with van der Waals surface area (Å²) < 4.78 is 5.16. The van der Waals surface area contributed by atoms with E-state index in [-0.39, 0.29) is 17.7 Å². The molecule has 2 aromatic rings. The SMILES string of the molecule is COc1ccc(CC(=O)N2CCc3nc([C@@H]4CCN(C(C)=O)C4)ncc3C2)cc1. The molecule has 0 N–H and O–H groups in total. The van der Waals surface area contributed by atoms with E-state index in [9.17, 15) is 9.59 Å². The first-order valence-electron chi connectivity index (χ1n) is 10.0. The highest BCUT2D eigenvalue weighted by molar-refractivity contribution is 5.79. The van der Waals surface area contributed by atoms with E-state index in [1.165, 1.54) is 0 Å². The molecule has 1 saturated heterocycles. The van der Waals surface area contributed by atoms with Crippen LogP contribution in [0.1, 0.15) is 41.9 Å². The number of hydrogen-bond donors (Lipinski definition) is 0. The number of hydrogen-bond acceptors (Lipinski definition) is 5. The molecular weight excluding hydrogens is 368 g/mol. The van der Waals surface area contributed by atoms with Gasteiger partial charge in [0, 0.05) is 57.2 Å². The van der Waals surface area contributed by atoms with Crippen LogP contribution in [0.25, 0.3) is 0 Å². The van der Waals surface area contributed by atoms with E-state index in [2.05, 4.69) is 4.98 Å². The van der Waals surface area contributed by atoms with Gasteiger partial charge in [-0.25, -0.2) is 9.97 Å². The highest BCUT2D eigenvalue weighted by atomic mass is 16.5. The Labute approximate surface area is 170 Å². The van der Waals surface area contributed by atoms with Crippen LogP contribution in [0, 0.1) is 0 Å². The Kier molecular flexibility index (Phi) is 5.47. The molecule has 4 rings (SSSR count). The van der Waals surface area contributed by atoms with Crippen molar-refractivity contribution in [1.29, 1.82) is 0 Å². The molecule has 0 bridgehead atoms. The third-order valence-corrected chi connectivity index (χ3v) is 5.82. The number of benzene rings is 1. The van der Waals surface area contributed by atoms with Crippen LogP contribution in [0.4, 0.5) is 0 Å². The van der Waals surface area contributed by atoms with Crippen molar-refractivity contribution in [3.05, 3.63) is 53.1 Å². The third-order valence-electron chi connectivity index (χ3n) is 5.82. The molecule has 0 aliphatic carbocycles. The number of aromatic nitrogens is 2. The summed E-state index contributed by atoms with van der Waals surface area (Å²) in [7, 11) is 1.63. The van der Waals surface area contributed by atoms with Gasteiger partial charge in [-0.05, 0) is 24.1 Å². The van der Waals surface area contributed by atoms with E-state index < -0.39 is 0 Å². The molecule has 152 valence electrons. The van der Waals surface area contributed by atoms with Gasteiger partial charge < -0.3 is 14.5 Å². The van der Waals surface area contributed by atoms with Gasteiger partial charge in [-0.15, -0.1) is 0 Å². The standard InChI is InChI=1S/C22H26N4O3/c1-15(27)25-9-7-17(13-25)22-23-12-18-14-26(10-8-20(18)24-22)21(28)11-16-3-5-19(29-2)6-4-16/h3-6,12,17H,7-11,13-14H2,1-2H3/t17-/m1/s1. The lowest BCUT2D eigenvalue weighted by Gasteiger charge is -2.28. The van der Waals surface area contributed by atoms with Crippen molar-refractivity contribution < 1.29 is 14.3 Å². The first kappa shape index (κ1) is 19.4. The van der Waals surface area contributed by atoms with Crippen LogP contribution in [0.2, 0.25) is 0 Å². The summed E-state index contributed by atoms with van der Waals surface area (Å²) in [5, 5.41) is 0. The zero-order valence-corrected chi connectivity index (χ0v) is 16.9. The van der Waals surface area contributed by atoms with Crippen LogP contribution >= 0.6 is 0 Å². The molecule has 0 radical (unpaired) electrons. The van der Waals surface area contributed by atoms with E-state index in [1.807, 2.05) is 40.3 Å². The second-order valence-electron chi connectivity index (χ2n) is 7.74. The number of rotatable bonds is 4. The number of carbonyl (C=O) groups is 2. The van der Waals surface area contributed by atoms with Crippen molar-refractivity contribution in [2.24, 2.45) is 0 Å². The highest BCUT2D eigenvalue weighted by Crippen LogP contribution is 2.26. The molecule has 3 heterocycles. The number of methoxy groups -OCH3 is 1. The molecule has 1 aromatic carbocycles. The fourth-order valence-corrected chi connectivity index (χ4v) is 4.03. The second-order valence-corrected chi connectivity index (χ2v) is 7.74. The number of likely N-dealkylation sites (tertiary alicyclic amines) is 1. The molecule has 1 atom stereocenters. The van der Waals surface area contributed by atoms with Gasteiger partial charge in [-0.3, -0.25) is 9.59 Å². The monoisotopic (exact) mass is 394 g/mol. The summed E-state index contributed by atoms with van der Waals surface area (Å²) in [5.74, 6) is 2.04. The molecule has 7 nitrogen and oxygen atoms in total. The number of fused-ring (bicyclic) bond motifs is 1. The summed E-state index contributed by atoms with van der Waals surface area (Å²) in [6.45, 7) is 4.29. The minimum absolute atomic E-state index is 0.108. The fraction of sp³-hybridized carbons (Fsp3) is 0.455.